The molecule has 22 heavy (non-hydrogen) atoms. The first-order valence-corrected chi connectivity index (χ1v) is 7.81. The molecular weight excluding hydrogens is 274 g/mol. The van der Waals surface area contributed by atoms with Crippen LogP contribution in [-0.4, -0.2) is 46.5 Å². The zero-order valence-electron chi connectivity index (χ0n) is 13.5. The third-order valence-electron chi connectivity index (χ3n) is 4.09. The molecule has 1 aliphatic rings. The molecule has 3 rings (SSSR count). The molecule has 1 fully saturated rings. The summed E-state index contributed by atoms with van der Waals surface area (Å²) in [6.07, 6.45) is 4.47. The third-order valence-corrected chi connectivity index (χ3v) is 4.09. The summed E-state index contributed by atoms with van der Waals surface area (Å²) < 4.78 is 0. The van der Waals surface area contributed by atoms with E-state index < -0.39 is 0 Å². The second kappa shape index (κ2) is 6.40. The van der Waals surface area contributed by atoms with E-state index in [9.17, 15) is 0 Å². The standard InChI is InChI=1S/C17H23N5/c1-12-20-15(14-6-4-5-9-18-14)10-17(21-12)19-11-16(22(2)3)13-7-8-13/h4-6,9-10,13,16H,7-8,11H2,1-3H3,(H,19,20,21). The van der Waals surface area contributed by atoms with E-state index in [1.165, 1.54) is 12.8 Å². The van der Waals surface area contributed by atoms with Gasteiger partial charge in [0, 0.05) is 24.8 Å². The van der Waals surface area contributed by atoms with Crippen LogP contribution in [0.1, 0.15) is 18.7 Å². The van der Waals surface area contributed by atoms with Crippen LogP contribution in [0.2, 0.25) is 0 Å². The highest BCUT2D eigenvalue weighted by atomic mass is 15.1. The fourth-order valence-corrected chi connectivity index (χ4v) is 2.76. The Bertz CT molecular complexity index is 620. The molecule has 5 heteroatoms. The molecule has 0 aromatic carbocycles. The quantitative estimate of drug-likeness (QED) is 0.888. The highest BCUT2D eigenvalue weighted by molar-refractivity contribution is 5.58. The Labute approximate surface area is 131 Å². The largest absolute Gasteiger partial charge is 0.368 e. The van der Waals surface area contributed by atoms with E-state index in [4.69, 9.17) is 0 Å². The van der Waals surface area contributed by atoms with Crippen molar-refractivity contribution in [3.8, 4) is 11.4 Å². The van der Waals surface area contributed by atoms with E-state index >= 15 is 0 Å². The summed E-state index contributed by atoms with van der Waals surface area (Å²) in [6.45, 7) is 2.83. The Morgan fingerprint density at radius 2 is 2.05 bits per heavy atom. The van der Waals surface area contributed by atoms with Crippen LogP contribution < -0.4 is 5.32 Å². The maximum atomic E-state index is 4.50. The van der Waals surface area contributed by atoms with E-state index in [0.29, 0.717) is 6.04 Å². The predicted octanol–water partition coefficient (Wildman–Crippen LogP) is 2.60. The molecule has 0 saturated heterocycles. The van der Waals surface area contributed by atoms with E-state index in [-0.39, 0.29) is 0 Å². The molecule has 2 aromatic heterocycles. The topological polar surface area (TPSA) is 53.9 Å². The number of nitrogens with zero attached hydrogens (tertiary/aromatic N) is 4. The molecule has 0 radical (unpaired) electrons. The lowest BCUT2D eigenvalue weighted by Gasteiger charge is -2.24. The molecule has 1 aliphatic carbocycles. The van der Waals surface area contributed by atoms with E-state index in [1.54, 1.807) is 6.20 Å². The Morgan fingerprint density at radius 1 is 1.23 bits per heavy atom. The van der Waals surface area contributed by atoms with Gasteiger partial charge in [-0.15, -0.1) is 0 Å². The minimum absolute atomic E-state index is 0.563. The number of rotatable bonds is 6. The van der Waals surface area contributed by atoms with Gasteiger partial charge in [0.15, 0.2) is 0 Å². The molecule has 0 spiro atoms. The molecule has 0 bridgehead atoms. The number of aromatic nitrogens is 3. The molecule has 2 aromatic rings. The fraction of sp³-hybridized carbons (Fsp3) is 0.471. The maximum Gasteiger partial charge on any atom is 0.130 e. The summed E-state index contributed by atoms with van der Waals surface area (Å²) in [4.78, 5) is 15.7. The summed E-state index contributed by atoms with van der Waals surface area (Å²) in [5.41, 5.74) is 1.74. The van der Waals surface area contributed by atoms with Crippen molar-refractivity contribution in [3.05, 3.63) is 36.3 Å². The lowest BCUT2D eigenvalue weighted by molar-refractivity contribution is 0.276. The smallest absolute Gasteiger partial charge is 0.130 e. The van der Waals surface area contributed by atoms with Gasteiger partial charge in [-0.2, -0.15) is 0 Å². The summed E-state index contributed by atoms with van der Waals surface area (Å²) in [5, 5.41) is 3.48. The van der Waals surface area contributed by atoms with Crippen LogP contribution in [0.4, 0.5) is 5.82 Å². The molecule has 0 aliphatic heterocycles. The fourth-order valence-electron chi connectivity index (χ4n) is 2.76. The van der Waals surface area contributed by atoms with Crippen LogP contribution >= 0.6 is 0 Å². The number of hydrogen-bond donors (Lipinski definition) is 1. The second-order valence-corrected chi connectivity index (χ2v) is 6.15. The van der Waals surface area contributed by atoms with E-state index in [0.717, 1.165) is 35.5 Å². The normalized spacial score (nSPS) is 15.8. The highest BCUT2D eigenvalue weighted by Crippen LogP contribution is 2.34. The van der Waals surface area contributed by atoms with Gasteiger partial charge in [-0.3, -0.25) is 4.98 Å². The molecular formula is C17H23N5. The molecule has 1 unspecified atom stereocenters. The van der Waals surface area contributed by atoms with Crippen LogP contribution in [0.15, 0.2) is 30.5 Å². The van der Waals surface area contributed by atoms with Crippen molar-refractivity contribution in [3.63, 3.8) is 0 Å². The Kier molecular flexibility index (Phi) is 4.34. The molecule has 116 valence electrons. The molecule has 1 atom stereocenters. The Balaban J connectivity index is 1.75. The van der Waals surface area contributed by atoms with E-state index in [2.05, 4.69) is 39.3 Å². The summed E-state index contributed by atoms with van der Waals surface area (Å²) in [5.74, 6) is 2.46. The van der Waals surface area contributed by atoms with Gasteiger partial charge in [0.05, 0.1) is 11.4 Å². The number of hydrogen-bond acceptors (Lipinski definition) is 5. The first-order chi connectivity index (χ1) is 10.6. The van der Waals surface area contributed by atoms with Gasteiger partial charge in [0.25, 0.3) is 0 Å². The number of nitrogens with one attached hydrogen (secondary N) is 1. The molecule has 5 nitrogen and oxygen atoms in total. The monoisotopic (exact) mass is 297 g/mol. The third kappa shape index (κ3) is 3.60. The highest BCUT2D eigenvalue weighted by Gasteiger charge is 2.32. The minimum atomic E-state index is 0.563. The van der Waals surface area contributed by atoms with Crippen LogP contribution in [0.3, 0.4) is 0 Å². The lowest BCUT2D eigenvalue weighted by Crippen LogP contribution is -2.36. The predicted molar refractivity (Wildman–Crippen MR) is 88.7 cm³/mol. The lowest BCUT2D eigenvalue weighted by atomic mass is 10.1. The number of aryl methyl sites for hydroxylation is 1. The van der Waals surface area contributed by atoms with Crippen molar-refractivity contribution in [2.45, 2.75) is 25.8 Å². The number of pyridine rings is 1. The van der Waals surface area contributed by atoms with Crippen LogP contribution in [0.5, 0.6) is 0 Å². The summed E-state index contributed by atoms with van der Waals surface area (Å²) in [7, 11) is 4.30. The van der Waals surface area contributed by atoms with Crippen molar-refractivity contribution < 1.29 is 0 Å². The van der Waals surface area contributed by atoms with Crippen molar-refractivity contribution in [1.82, 2.24) is 19.9 Å². The Hall–Kier alpha value is -2.01. The first-order valence-electron chi connectivity index (χ1n) is 7.81. The van der Waals surface area contributed by atoms with Gasteiger partial charge in [-0.05, 0) is 51.9 Å². The van der Waals surface area contributed by atoms with Crippen LogP contribution in [0.25, 0.3) is 11.4 Å². The number of likely N-dealkylation sites (N-methyl/N-ethyl adjacent to an activating group) is 1. The van der Waals surface area contributed by atoms with Crippen molar-refractivity contribution in [2.75, 3.05) is 26.0 Å². The van der Waals surface area contributed by atoms with Crippen molar-refractivity contribution >= 4 is 5.82 Å². The van der Waals surface area contributed by atoms with Gasteiger partial charge in [0.2, 0.25) is 0 Å². The molecule has 2 heterocycles. The first kappa shape index (κ1) is 14.9. The Morgan fingerprint density at radius 3 is 2.68 bits per heavy atom. The van der Waals surface area contributed by atoms with Crippen molar-refractivity contribution in [1.29, 1.82) is 0 Å². The van der Waals surface area contributed by atoms with Gasteiger partial charge in [-0.1, -0.05) is 6.07 Å². The van der Waals surface area contributed by atoms with Crippen LogP contribution in [-0.2, 0) is 0 Å². The molecule has 1 saturated carbocycles. The number of anilines is 1. The summed E-state index contributed by atoms with van der Waals surface area (Å²) >= 11 is 0. The molecule has 1 N–H and O–H groups in total. The zero-order valence-corrected chi connectivity index (χ0v) is 13.5. The maximum absolute atomic E-state index is 4.50. The van der Waals surface area contributed by atoms with Gasteiger partial charge >= 0.3 is 0 Å². The van der Waals surface area contributed by atoms with Crippen molar-refractivity contribution in [2.24, 2.45) is 5.92 Å². The minimum Gasteiger partial charge on any atom is -0.368 e. The van der Waals surface area contributed by atoms with Gasteiger partial charge in [-0.25, -0.2) is 9.97 Å². The van der Waals surface area contributed by atoms with Crippen LogP contribution in [0, 0.1) is 12.8 Å². The molecule has 0 amide bonds. The van der Waals surface area contributed by atoms with E-state index in [1.807, 2.05) is 31.2 Å². The zero-order chi connectivity index (χ0) is 15.5. The average Bonchev–Trinajstić information content (AvgIpc) is 3.32. The summed E-state index contributed by atoms with van der Waals surface area (Å²) in [6, 6.07) is 8.40. The SMILES string of the molecule is Cc1nc(NCC(C2CC2)N(C)C)cc(-c2ccccn2)n1. The van der Waals surface area contributed by atoms with Gasteiger partial charge < -0.3 is 10.2 Å². The van der Waals surface area contributed by atoms with Gasteiger partial charge in [0.1, 0.15) is 11.6 Å². The average molecular weight is 297 g/mol. The second-order valence-electron chi connectivity index (χ2n) is 6.15.